The highest BCUT2D eigenvalue weighted by Crippen LogP contribution is 2.54. The molecule has 0 radical (unpaired) electrons. The highest BCUT2D eigenvalue weighted by Gasteiger charge is 2.46. The first-order valence-electron chi connectivity index (χ1n) is 12.2. The van der Waals surface area contributed by atoms with Crippen LogP contribution >= 0.6 is 0 Å². The average molecular weight is 426 g/mol. The first-order chi connectivity index (χ1) is 14.4. The van der Waals surface area contributed by atoms with E-state index in [4.69, 9.17) is 5.73 Å². The van der Waals surface area contributed by atoms with E-state index in [2.05, 4.69) is 46.8 Å². The van der Waals surface area contributed by atoms with E-state index >= 15 is 0 Å². The largest absolute Gasteiger partial charge is 0.504 e. The Kier molecular flexibility index (Phi) is 6.77. The molecule has 172 valence electrons. The van der Waals surface area contributed by atoms with Crippen LogP contribution in [0.15, 0.2) is 47.3 Å². The lowest BCUT2D eigenvalue weighted by atomic mass is 9.55. The van der Waals surface area contributed by atoms with Gasteiger partial charge in [0, 0.05) is 11.0 Å². The molecule has 31 heavy (non-hydrogen) atoms. The number of hydrogen-bond acceptors (Lipinski definition) is 3. The van der Waals surface area contributed by atoms with E-state index in [1.54, 1.807) is 13.0 Å². The number of allylic oxidation sites excluding steroid dienone is 7. The van der Waals surface area contributed by atoms with Gasteiger partial charge in [0.05, 0.1) is 0 Å². The van der Waals surface area contributed by atoms with E-state index in [-0.39, 0.29) is 22.5 Å². The molecule has 2 fully saturated rings. The van der Waals surface area contributed by atoms with E-state index in [1.807, 2.05) is 12.2 Å². The van der Waals surface area contributed by atoms with Crippen molar-refractivity contribution in [3.05, 3.63) is 47.3 Å². The van der Waals surface area contributed by atoms with Crippen LogP contribution in [0.5, 0.6) is 0 Å². The maximum Gasteiger partial charge on any atom is 0.220 e. The Balaban J connectivity index is 2.01. The zero-order chi connectivity index (χ0) is 23.0. The third kappa shape index (κ3) is 5.08. The number of aliphatic hydroxyl groups is 1. The van der Waals surface area contributed by atoms with Crippen molar-refractivity contribution >= 4 is 5.78 Å². The third-order valence-electron chi connectivity index (χ3n) is 8.82. The average Bonchev–Trinajstić information content (AvgIpc) is 2.71. The molecule has 0 saturated heterocycles. The van der Waals surface area contributed by atoms with Crippen LogP contribution in [-0.2, 0) is 4.79 Å². The molecule has 6 atom stereocenters. The quantitative estimate of drug-likeness (QED) is 0.448. The lowest BCUT2D eigenvalue weighted by Gasteiger charge is -2.52. The molecule has 3 nitrogen and oxygen atoms in total. The predicted molar refractivity (Wildman–Crippen MR) is 130 cm³/mol. The van der Waals surface area contributed by atoms with Crippen LogP contribution in [0.4, 0.5) is 0 Å². The summed E-state index contributed by atoms with van der Waals surface area (Å²) in [6.07, 6.45) is 17.7. The maximum atomic E-state index is 12.5. The van der Waals surface area contributed by atoms with Crippen molar-refractivity contribution in [3.8, 4) is 0 Å². The van der Waals surface area contributed by atoms with Crippen LogP contribution in [0, 0.1) is 28.6 Å². The Hall–Kier alpha value is -1.61. The molecule has 0 aromatic carbocycles. The van der Waals surface area contributed by atoms with Crippen molar-refractivity contribution < 1.29 is 9.90 Å². The number of hydrogen-bond donors (Lipinski definition) is 2. The molecule has 2 saturated carbocycles. The van der Waals surface area contributed by atoms with E-state index < -0.39 is 0 Å². The van der Waals surface area contributed by atoms with Crippen molar-refractivity contribution in [1.82, 2.24) is 0 Å². The first kappa shape index (κ1) is 24.0. The summed E-state index contributed by atoms with van der Waals surface area (Å²) in [5.74, 6) is 1.20. The van der Waals surface area contributed by atoms with Gasteiger partial charge >= 0.3 is 0 Å². The lowest BCUT2D eigenvalue weighted by molar-refractivity contribution is -0.113. The Morgan fingerprint density at radius 2 is 1.74 bits per heavy atom. The van der Waals surface area contributed by atoms with Crippen molar-refractivity contribution in [2.75, 3.05) is 0 Å². The Morgan fingerprint density at radius 1 is 1.03 bits per heavy atom. The van der Waals surface area contributed by atoms with Crippen molar-refractivity contribution in [1.29, 1.82) is 0 Å². The summed E-state index contributed by atoms with van der Waals surface area (Å²) in [4.78, 5) is 12.5. The summed E-state index contributed by atoms with van der Waals surface area (Å²) in [6.45, 7) is 13.5. The highest BCUT2D eigenvalue weighted by atomic mass is 16.3. The van der Waals surface area contributed by atoms with Crippen molar-refractivity contribution in [2.24, 2.45) is 34.3 Å². The predicted octanol–water partition coefficient (Wildman–Crippen LogP) is 6.82. The van der Waals surface area contributed by atoms with Gasteiger partial charge in [0.1, 0.15) is 0 Å². The van der Waals surface area contributed by atoms with Crippen molar-refractivity contribution in [3.63, 3.8) is 0 Å². The molecule has 0 aromatic rings. The normalized spacial score (nSPS) is 48.5. The van der Waals surface area contributed by atoms with Gasteiger partial charge in [-0.2, -0.15) is 0 Å². The summed E-state index contributed by atoms with van der Waals surface area (Å²) in [7, 11) is 0. The number of carbonyl (C=O) groups excluding carboxylic acids is 1. The molecule has 0 amide bonds. The molecule has 0 aromatic heterocycles. The van der Waals surface area contributed by atoms with Crippen LogP contribution in [-0.4, -0.2) is 16.4 Å². The Bertz CT molecular complexity index is 830. The van der Waals surface area contributed by atoms with Crippen LogP contribution in [0.1, 0.15) is 86.5 Å². The summed E-state index contributed by atoms with van der Waals surface area (Å²) in [5, 5.41) is 10.2. The van der Waals surface area contributed by atoms with Crippen LogP contribution in [0.3, 0.4) is 0 Å². The minimum Gasteiger partial charge on any atom is -0.504 e. The van der Waals surface area contributed by atoms with Gasteiger partial charge in [-0.1, -0.05) is 57.6 Å². The molecule has 0 aliphatic heterocycles. The molecule has 0 spiro atoms. The zero-order valence-electron chi connectivity index (χ0n) is 20.5. The monoisotopic (exact) mass is 425 g/mol. The summed E-state index contributed by atoms with van der Waals surface area (Å²) >= 11 is 0. The number of aliphatic hydroxyl groups excluding tert-OH is 1. The second-order valence-corrected chi connectivity index (χ2v) is 11.7. The van der Waals surface area contributed by atoms with Gasteiger partial charge < -0.3 is 10.8 Å². The summed E-state index contributed by atoms with van der Waals surface area (Å²) < 4.78 is 0. The number of carbonyl (C=O) groups is 1. The van der Waals surface area contributed by atoms with Gasteiger partial charge in [0.15, 0.2) is 5.76 Å². The second-order valence-electron chi connectivity index (χ2n) is 11.7. The molecule has 3 rings (SSSR count). The fraction of sp³-hybridized carbons (Fsp3) is 0.679. The molecule has 0 unspecified atom stereocenters. The SMILES string of the molecule is CC1=C(/O)C(=O)/C=C/[C@]2(C)CC[C@@H](C)[C@@H]3C[C@](C)(N)CC[C@]3(C)CC[C@H](C)/C2=C/C=C/1. The molecule has 0 heterocycles. The van der Waals surface area contributed by atoms with Crippen LogP contribution in [0.2, 0.25) is 0 Å². The van der Waals surface area contributed by atoms with Gasteiger partial charge in [-0.05, 0) is 93.6 Å². The summed E-state index contributed by atoms with van der Waals surface area (Å²) in [5.41, 5.74) is 8.74. The number of nitrogens with two attached hydrogens (primary N) is 1. The minimum atomic E-state index is -0.304. The molecule has 3 N–H and O–H groups in total. The number of fused-ring (bicyclic) bond motifs is 2. The fourth-order valence-electron chi connectivity index (χ4n) is 6.39. The van der Waals surface area contributed by atoms with Gasteiger partial charge in [0.25, 0.3) is 0 Å². The van der Waals surface area contributed by atoms with E-state index in [1.165, 1.54) is 18.4 Å². The first-order valence-corrected chi connectivity index (χ1v) is 12.2. The topological polar surface area (TPSA) is 63.3 Å². The van der Waals surface area contributed by atoms with Crippen LogP contribution in [0.25, 0.3) is 0 Å². The molecule has 3 aliphatic rings. The standard InChI is InChI=1S/C28H43NO2/c1-19-10-14-27(5)16-17-28(6,29)18-23(27)20(2)11-13-26(4)15-12-24(30)25(31)21(3)8-7-9-22(19)26/h7-9,12,15,19-20,23,31H,10-11,13-14,16-18,29H2,1-6H3/b8-7+,15-12+,22-9-,25-21+/t19-,20+,23-,26-,27-,28+/m0/s1. The highest BCUT2D eigenvalue weighted by molar-refractivity contribution is 6.02. The van der Waals surface area contributed by atoms with E-state index in [9.17, 15) is 9.90 Å². The minimum absolute atomic E-state index is 0.0572. The van der Waals surface area contributed by atoms with Gasteiger partial charge in [0.2, 0.25) is 5.78 Å². The molecule has 0 bridgehead atoms. The van der Waals surface area contributed by atoms with Gasteiger partial charge in [-0.3, -0.25) is 4.79 Å². The van der Waals surface area contributed by atoms with Crippen LogP contribution < -0.4 is 5.73 Å². The Morgan fingerprint density at radius 3 is 2.45 bits per heavy atom. The van der Waals surface area contributed by atoms with Crippen molar-refractivity contribution in [2.45, 2.75) is 92.0 Å². The van der Waals surface area contributed by atoms with Gasteiger partial charge in [-0.15, -0.1) is 0 Å². The molecular formula is C28H43NO2. The van der Waals surface area contributed by atoms with E-state index in [0.29, 0.717) is 28.7 Å². The zero-order valence-corrected chi connectivity index (χ0v) is 20.5. The molecule has 3 aliphatic carbocycles. The lowest BCUT2D eigenvalue weighted by Crippen LogP contribution is -2.50. The van der Waals surface area contributed by atoms with E-state index in [0.717, 1.165) is 32.1 Å². The smallest absolute Gasteiger partial charge is 0.220 e. The third-order valence-corrected chi connectivity index (χ3v) is 8.82. The molecular weight excluding hydrogens is 382 g/mol. The Labute approximate surface area is 189 Å². The summed E-state index contributed by atoms with van der Waals surface area (Å²) in [6, 6.07) is 0. The number of ketones is 1. The number of rotatable bonds is 0. The van der Waals surface area contributed by atoms with Gasteiger partial charge in [-0.25, -0.2) is 0 Å². The molecule has 3 heteroatoms. The second kappa shape index (κ2) is 8.73. The maximum absolute atomic E-state index is 12.5. The fourth-order valence-corrected chi connectivity index (χ4v) is 6.39.